The van der Waals surface area contributed by atoms with Crippen LogP contribution in [0.5, 0.6) is 5.75 Å². The molecule has 0 bridgehead atoms. The standard InChI is InChI=1S/C28H24ClN3O4S2/c1-17(2)22-5-3-4-6-23(22)30-25(33)16-36-21-13-7-18(8-14-21)15-24-27(35)32(28(37)38-24)31-26(34)19-9-11-20(29)12-10-19/h3-15,17H,16H2,1-2H3,(H,30,33)(H,31,34)/b24-15+. The summed E-state index contributed by atoms with van der Waals surface area (Å²) in [7, 11) is 0. The number of rotatable bonds is 8. The maximum atomic E-state index is 12.8. The molecule has 3 aromatic carbocycles. The number of anilines is 1. The van der Waals surface area contributed by atoms with E-state index in [0.717, 1.165) is 33.6 Å². The molecule has 10 heteroatoms. The lowest BCUT2D eigenvalue weighted by atomic mass is 10.0. The normalized spacial score (nSPS) is 14.2. The highest BCUT2D eigenvalue weighted by molar-refractivity contribution is 8.26. The van der Waals surface area contributed by atoms with Crippen LogP contribution in [0, 0.1) is 0 Å². The van der Waals surface area contributed by atoms with Crippen molar-refractivity contribution in [3.63, 3.8) is 0 Å². The summed E-state index contributed by atoms with van der Waals surface area (Å²) in [6.07, 6.45) is 1.67. The number of hydrogen-bond donors (Lipinski definition) is 2. The van der Waals surface area contributed by atoms with Crippen molar-refractivity contribution >= 4 is 69.4 Å². The van der Waals surface area contributed by atoms with E-state index in [-0.39, 0.29) is 22.8 Å². The number of thioether (sulfide) groups is 1. The zero-order valence-corrected chi connectivity index (χ0v) is 23.0. The van der Waals surface area contributed by atoms with Gasteiger partial charge in [-0.15, -0.1) is 0 Å². The molecule has 38 heavy (non-hydrogen) atoms. The number of carbonyl (C=O) groups is 3. The van der Waals surface area contributed by atoms with Crippen LogP contribution in [-0.4, -0.2) is 33.7 Å². The van der Waals surface area contributed by atoms with Gasteiger partial charge < -0.3 is 10.1 Å². The molecule has 2 N–H and O–H groups in total. The number of hydrogen-bond acceptors (Lipinski definition) is 6. The molecule has 0 unspecified atom stereocenters. The van der Waals surface area contributed by atoms with Crippen molar-refractivity contribution in [2.45, 2.75) is 19.8 Å². The Morgan fingerprint density at radius 2 is 1.74 bits per heavy atom. The van der Waals surface area contributed by atoms with E-state index in [4.69, 9.17) is 28.6 Å². The molecule has 1 saturated heterocycles. The highest BCUT2D eigenvalue weighted by Crippen LogP contribution is 2.32. The van der Waals surface area contributed by atoms with Gasteiger partial charge in [-0.05, 0) is 77.8 Å². The fraction of sp³-hybridized carbons (Fsp3) is 0.143. The van der Waals surface area contributed by atoms with E-state index in [1.54, 1.807) is 54.6 Å². The van der Waals surface area contributed by atoms with E-state index in [1.807, 2.05) is 24.3 Å². The summed E-state index contributed by atoms with van der Waals surface area (Å²) in [5.74, 6) is -0.373. The Labute approximate surface area is 235 Å². The maximum absolute atomic E-state index is 12.8. The summed E-state index contributed by atoms with van der Waals surface area (Å²) >= 11 is 12.2. The van der Waals surface area contributed by atoms with Gasteiger partial charge in [0.25, 0.3) is 17.7 Å². The molecule has 194 valence electrons. The molecule has 3 aromatic rings. The third-order valence-electron chi connectivity index (χ3n) is 5.52. The first-order valence-corrected chi connectivity index (χ1v) is 13.3. The van der Waals surface area contributed by atoms with E-state index in [9.17, 15) is 14.4 Å². The molecular formula is C28H24ClN3O4S2. The highest BCUT2D eigenvalue weighted by Gasteiger charge is 2.33. The van der Waals surface area contributed by atoms with Gasteiger partial charge in [0, 0.05) is 16.3 Å². The average Bonchev–Trinajstić information content (AvgIpc) is 3.16. The topological polar surface area (TPSA) is 87.7 Å². The average molecular weight is 566 g/mol. The molecule has 0 radical (unpaired) electrons. The minimum Gasteiger partial charge on any atom is -0.484 e. The Balaban J connectivity index is 1.33. The van der Waals surface area contributed by atoms with Crippen LogP contribution in [0.2, 0.25) is 5.02 Å². The van der Waals surface area contributed by atoms with Gasteiger partial charge in [0.2, 0.25) is 0 Å². The molecule has 1 fully saturated rings. The van der Waals surface area contributed by atoms with Gasteiger partial charge in [0.15, 0.2) is 10.9 Å². The van der Waals surface area contributed by atoms with Crippen molar-refractivity contribution < 1.29 is 19.1 Å². The van der Waals surface area contributed by atoms with Crippen LogP contribution in [0.1, 0.15) is 41.3 Å². The second-order valence-corrected chi connectivity index (χ2v) is 10.7. The Morgan fingerprint density at radius 1 is 1.05 bits per heavy atom. The third-order valence-corrected chi connectivity index (χ3v) is 7.07. The number of ether oxygens (including phenoxy) is 1. The largest absolute Gasteiger partial charge is 0.484 e. The van der Waals surface area contributed by atoms with Crippen molar-refractivity contribution in [3.8, 4) is 5.75 Å². The number of hydrazine groups is 1. The number of amides is 3. The van der Waals surface area contributed by atoms with Crippen molar-refractivity contribution in [2.24, 2.45) is 0 Å². The Hall–Kier alpha value is -3.66. The van der Waals surface area contributed by atoms with Gasteiger partial charge in [0.05, 0.1) is 4.91 Å². The fourth-order valence-electron chi connectivity index (χ4n) is 3.59. The summed E-state index contributed by atoms with van der Waals surface area (Å²) in [5, 5.41) is 4.45. The first kappa shape index (κ1) is 27.4. The van der Waals surface area contributed by atoms with Crippen molar-refractivity contribution in [3.05, 3.63) is 99.4 Å². The molecule has 0 atom stereocenters. The molecule has 3 amide bonds. The lowest BCUT2D eigenvalue weighted by molar-refractivity contribution is -0.123. The van der Waals surface area contributed by atoms with Crippen LogP contribution in [-0.2, 0) is 9.59 Å². The van der Waals surface area contributed by atoms with E-state index < -0.39 is 11.8 Å². The minimum atomic E-state index is -0.475. The van der Waals surface area contributed by atoms with E-state index in [2.05, 4.69) is 24.6 Å². The van der Waals surface area contributed by atoms with Crippen LogP contribution < -0.4 is 15.5 Å². The quantitative estimate of drug-likeness (QED) is 0.256. The van der Waals surface area contributed by atoms with Crippen molar-refractivity contribution in [1.29, 1.82) is 0 Å². The van der Waals surface area contributed by atoms with Gasteiger partial charge in [0.1, 0.15) is 5.75 Å². The summed E-state index contributed by atoms with van der Waals surface area (Å²) in [4.78, 5) is 38.1. The summed E-state index contributed by atoms with van der Waals surface area (Å²) < 4.78 is 5.84. The Kier molecular flexibility index (Phi) is 8.83. The first-order valence-electron chi connectivity index (χ1n) is 11.7. The second-order valence-electron chi connectivity index (χ2n) is 8.61. The van der Waals surface area contributed by atoms with Gasteiger partial charge in [-0.1, -0.05) is 67.5 Å². The second kappa shape index (κ2) is 12.3. The molecule has 4 rings (SSSR count). The molecule has 0 aromatic heterocycles. The lowest BCUT2D eigenvalue weighted by Crippen LogP contribution is -2.44. The zero-order chi connectivity index (χ0) is 27.2. The van der Waals surface area contributed by atoms with Gasteiger partial charge >= 0.3 is 0 Å². The maximum Gasteiger partial charge on any atom is 0.285 e. The van der Waals surface area contributed by atoms with Crippen LogP contribution in [0.15, 0.2) is 77.7 Å². The lowest BCUT2D eigenvalue weighted by Gasteiger charge is -2.15. The minimum absolute atomic E-state index is 0.141. The van der Waals surface area contributed by atoms with Crippen LogP contribution >= 0.6 is 35.6 Å². The number of benzene rings is 3. The number of nitrogens with one attached hydrogen (secondary N) is 2. The first-order chi connectivity index (χ1) is 18.2. The summed E-state index contributed by atoms with van der Waals surface area (Å²) in [6.45, 7) is 3.99. The number of para-hydroxylation sites is 1. The molecule has 7 nitrogen and oxygen atoms in total. The predicted molar refractivity (Wildman–Crippen MR) is 155 cm³/mol. The molecule has 1 heterocycles. The summed E-state index contributed by atoms with van der Waals surface area (Å²) in [6, 6.07) is 20.9. The van der Waals surface area contributed by atoms with Crippen LogP contribution in [0.3, 0.4) is 0 Å². The smallest absolute Gasteiger partial charge is 0.285 e. The fourth-order valence-corrected chi connectivity index (χ4v) is 4.90. The Bertz CT molecular complexity index is 1410. The number of halogens is 1. The summed E-state index contributed by atoms with van der Waals surface area (Å²) in [5.41, 5.74) is 5.44. The van der Waals surface area contributed by atoms with E-state index >= 15 is 0 Å². The van der Waals surface area contributed by atoms with Crippen LogP contribution in [0.25, 0.3) is 6.08 Å². The molecule has 0 aliphatic carbocycles. The SMILES string of the molecule is CC(C)c1ccccc1NC(=O)COc1ccc(/C=C2/SC(=S)N(NC(=O)c3ccc(Cl)cc3)C2=O)cc1. The predicted octanol–water partition coefficient (Wildman–Crippen LogP) is 6.03. The van der Waals surface area contributed by atoms with E-state index in [1.165, 1.54) is 0 Å². The van der Waals surface area contributed by atoms with Gasteiger partial charge in [-0.2, -0.15) is 5.01 Å². The van der Waals surface area contributed by atoms with Crippen LogP contribution in [0.4, 0.5) is 5.69 Å². The molecular weight excluding hydrogens is 542 g/mol. The molecule has 0 saturated carbocycles. The number of carbonyl (C=O) groups excluding carboxylic acids is 3. The van der Waals surface area contributed by atoms with Gasteiger partial charge in [-0.3, -0.25) is 19.8 Å². The molecule has 0 spiro atoms. The van der Waals surface area contributed by atoms with Crippen molar-refractivity contribution in [2.75, 3.05) is 11.9 Å². The third kappa shape index (κ3) is 6.80. The van der Waals surface area contributed by atoms with E-state index in [0.29, 0.717) is 21.2 Å². The van der Waals surface area contributed by atoms with Gasteiger partial charge in [-0.25, -0.2) is 0 Å². The Morgan fingerprint density at radius 3 is 2.42 bits per heavy atom. The van der Waals surface area contributed by atoms with Crippen molar-refractivity contribution in [1.82, 2.24) is 10.4 Å². The zero-order valence-electron chi connectivity index (χ0n) is 20.6. The number of nitrogens with zero attached hydrogens (tertiary/aromatic N) is 1. The number of thiocarbonyl (C=S) groups is 1. The molecule has 1 aliphatic rings. The molecule has 1 aliphatic heterocycles. The highest BCUT2D eigenvalue weighted by atomic mass is 35.5. The monoisotopic (exact) mass is 565 g/mol.